The maximum atomic E-state index is 16.0. The van der Waals surface area contributed by atoms with Gasteiger partial charge in [-0.15, -0.1) is 6.42 Å². The summed E-state index contributed by atoms with van der Waals surface area (Å²) in [5.41, 5.74) is 1.42. The van der Waals surface area contributed by atoms with Crippen LogP contribution in [0.4, 0.5) is 10.2 Å². The fraction of sp³-hybridized carbons (Fsp3) is 0.481. The first-order valence-corrected chi connectivity index (χ1v) is 16.0. The van der Waals surface area contributed by atoms with Crippen molar-refractivity contribution in [3.05, 3.63) is 40.8 Å². The van der Waals surface area contributed by atoms with Gasteiger partial charge in [-0.1, -0.05) is 26.7 Å². The highest BCUT2D eigenvalue weighted by Gasteiger charge is 2.51. The lowest BCUT2D eigenvalue weighted by Gasteiger charge is -2.39. The molecule has 0 radical (unpaired) electrons. The second-order valence-corrected chi connectivity index (χ2v) is 16.3. The quantitative estimate of drug-likeness (QED) is 0.246. The first-order chi connectivity index (χ1) is 17.9. The number of terminal acetylenes is 1. The topological polar surface area (TPSA) is 79.7 Å². The van der Waals surface area contributed by atoms with Crippen molar-refractivity contribution in [1.29, 1.82) is 0 Å². The van der Waals surface area contributed by atoms with Gasteiger partial charge in [-0.25, -0.2) is 14.4 Å². The van der Waals surface area contributed by atoms with E-state index in [4.69, 9.17) is 25.1 Å². The zero-order valence-electron chi connectivity index (χ0n) is 22.7. The molecular weight excluding hydrogens is 571 g/mol. The summed E-state index contributed by atoms with van der Waals surface area (Å²) in [4.78, 5) is 8.89. The van der Waals surface area contributed by atoms with Crippen LogP contribution in [-0.4, -0.2) is 55.5 Å². The summed E-state index contributed by atoms with van der Waals surface area (Å²) < 4.78 is 41.6. The van der Waals surface area contributed by atoms with Crippen molar-refractivity contribution >= 4 is 41.1 Å². The number of benzene rings is 1. The van der Waals surface area contributed by atoms with Gasteiger partial charge in [0.15, 0.2) is 20.7 Å². The van der Waals surface area contributed by atoms with Gasteiger partial charge < -0.3 is 28.5 Å². The van der Waals surface area contributed by atoms with Crippen molar-refractivity contribution in [2.45, 2.75) is 70.1 Å². The lowest BCUT2D eigenvalue weighted by atomic mass is 10.1. The largest absolute Gasteiger partial charge is 0.497 e. The van der Waals surface area contributed by atoms with Crippen LogP contribution in [0.25, 0.3) is 11.0 Å². The predicted octanol–water partition coefficient (Wildman–Crippen LogP) is 6.08. The minimum absolute atomic E-state index is 0.104. The maximum Gasteiger partial charge on any atom is 0.192 e. The lowest BCUT2D eigenvalue weighted by Crippen LogP contribution is -2.48. The van der Waals surface area contributed by atoms with Gasteiger partial charge in [-0.3, -0.25) is 0 Å². The summed E-state index contributed by atoms with van der Waals surface area (Å²) in [5.74, 6) is 4.55. The lowest BCUT2D eigenvalue weighted by molar-refractivity contribution is 0.00251. The Morgan fingerprint density at radius 2 is 1.97 bits per heavy atom. The Morgan fingerprint density at radius 1 is 1.24 bits per heavy atom. The van der Waals surface area contributed by atoms with E-state index >= 15 is 4.39 Å². The molecular formula is C27H34BrFN4O4Si. The van der Waals surface area contributed by atoms with E-state index in [1.54, 1.807) is 25.0 Å². The molecule has 1 aliphatic rings. The molecule has 0 amide bonds. The fourth-order valence-electron chi connectivity index (χ4n) is 4.17. The van der Waals surface area contributed by atoms with Crippen LogP contribution < -0.4 is 14.8 Å². The van der Waals surface area contributed by atoms with Crippen LogP contribution >= 0.6 is 15.9 Å². The molecule has 204 valence electrons. The summed E-state index contributed by atoms with van der Waals surface area (Å²) in [6, 6.07) is 5.61. The number of ether oxygens (including phenoxy) is 3. The second-order valence-electron chi connectivity index (χ2n) is 10.7. The van der Waals surface area contributed by atoms with Crippen LogP contribution in [0.3, 0.4) is 0 Å². The number of halogens is 2. The molecule has 0 bridgehead atoms. The van der Waals surface area contributed by atoms with Crippen LogP contribution in [0.15, 0.2) is 35.2 Å². The van der Waals surface area contributed by atoms with E-state index in [0.717, 1.165) is 5.56 Å². The molecule has 2 aromatic heterocycles. The van der Waals surface area contributed by atoms with E-state index in [2.05, 4.69) is 71.0 Å². The van der Waals surface area contributed by atoms with Gasteiger partial charge in [-0.05, 0) is 46.2 Å². The molecule has 1 aliphatic heterocycles. The minimum atomic E-state index is -2.30. The average molecular weight is 606 g/mol. The minimum Gasteiger partial charge on any atom is -0.497 e. The molecule has 0 spiro atoms. The number of fused-ring (bicyclic) bond motifs is 1. The smallest absolute Gasteiger partial charge is 0.192 e. The molecule has 4 rings (SSSR count). The van der Waals surface area contributed by atoms with Crippen molar-refractivity contribution < 1.29 is 23.0 Å². The van der Waals surface area contributed by atoms with E-state index < -0.39 is 32.9 Å². The number of aromatic nitrogens is 3. The Bertz CT molecular complexity index is 1350. The Balaban J connectivity index is 1.63. The molecule has 1 fully saturated rings. The van der Waals surface area contributed by atoms with E-state index in [9.17, 15) is 0 Å². The molecule has 38 heavy (non-hydrogen) atoms. The van der Waals surface area contributed by atoms with Crippen molar-refractivity contribution in [3.8, 4) is 23.8 Å². The maximum absolute atomic E-state index is 16.0. The van der Waals surface area contributed by atoms with Crippen LogP contribution in [0, 0.1) is 12.3 Å². The Morgan fingerprint density at radius 3 is 2.61 bits per heavy atom. The number of rotatable bonds is 8. The van der Waals surface area contributed by atoms with Crippen molar-refractivity contribution in [2.75, 3.05) is 19.5 Å². The van der Waals surface area contributed by atoms with Gasteiger partial charge in [0.05, 0.1) is 19.6 Å². The highest BCUT2D eigenvalue weighted by Crippen LogP contribution is 2.43. The standard InChI is InChI=1S/C27H34BrFN4O4Si/c1-9-19-23(37-38(7,8)27(2,3)4)22(29)26(36-19)33-14-18(28)21-24(31-15-32-25(21)33)30-13-16-10-11-17(34-5)12-20(16)35-6/h1,10-12,14-15,19,22-23,26H,13H2,2-8H3,(H,30,31,32)/t19-,22+,23-,26-/m1/s1. The van der Waals surface area contributed by atoms with Crippen LogP contribution in [0.5, 0.6) is 11.5 Å². The van der Waals surface area contributed by atoms with Crippen LogP contribution in [0.1, 0.15) is 32.6 Å². The van der Waals surface area contributed by atoms with Gasteiger partial charge in [0.1, 0.15) is 41.5 Å². The van der Waals surface area contributed by atoms with E-state index in [0.29, 0.717) is 39.4 Å². The zero-order chi connectivity index (χ0) is 27.8. The normalized spacial score (nSPS) is 21.9. The molecule has 0 saturated carbocycles. The number of hydrogen-bond acceptors (Lipinski definition) is 7. The van der Waals surface area contributed by atoms with Gasteiger partial charge in [0.25, 0.3) is 0 Å². The van der Waals surface area contributed by atoms with E-state index in [1.807, 2.05) is 18.2 Å². The van der Waals surface area contributed by atoms with E-state index in [1.165, 1.54) is 6.33 Å². The molecule has 8 nitrogen and oxygen atoms in total. The Labute approximate surface area is 232 Å². The highest BCUT2D eigenvalue weighted by molar-refractivity contribution is 9.10. The molecule has 0 aliphatic carbocycles. The molecule has 1 saturated heterocycles. The Kier molecular flexibility index (Phi) is 8.09. The molecule has 3 aromatic rings. The van der Waals surface area contributed by atoms with Crippen LogP contribution in [0.2, 0.25) is 18.1 Å². The third kappa shape index (κ3) is 5.27. The molecule has 1 aromatic carbocycles. The third-order valence-electron chi connectivity index (χ3n) is 7.35. The van der Waals surface area contributed by atoms with Crippen molar-refractivity contribution in [3.63, 3.8) is 0 Å². The molecule has 0 unspecified atom stereocenters. The highest BCUT2D eigenvalue weighted by atomic mass is 79.9. The van der Waals surface area contributed by atoms with Gasteiger partial charge in [0, 0.05) is 28.8 Å². The second kappa shape index (κ2) is 10.8. The predicted molar refractivity (Wildman–Crippen MR) is 152 cm³/mol. The fourth-order valence-corrected chi connectivity index (χ4v) is 6.05. The molecule has 3 heterocycles. The summed E-state index contributed by atoms with van der Waals surface area (Å²) in [7, 11) is 0.914. The first-order valence-electron chi connectivity index (χ1n) is 12.3. The van der Waals surface area contributed by atoms with Crippen LogP contribution in [-0.2, 0) is 15.7 Å². The number of alkyl halides is 1. The Hall–Kier alpha value is -2.65. The SMILES string of the molecule is C#C[C@H]1O[C@@H](n2cc(Br)c3c(NCc4ccc(OC)cc4OC)ncnc32)[C@@H](F)[C@@H]1O[Si](C)(C)C(C)(C)C. The first kappa shape index (κ1) is 28.4. The monoisotopic (exact) mass is 604 g/mol. The van der Waals surface area contributed by atoms with Gasteiger partial charge in [-0.2, -0.15) is 0 Å². The molecule has 4 atom stereocenters. The van der Waals surface area contributed by atoms with Gasteiger partial charge in [0.2, 0.25) is 0 Å². The van der Waals surface area contributed by atoms with E-state index in [-0.39, 0.29) is 5.04 Å². The number of anilines is 1. The number of nitrogens with one attached hydrogen (secondary N) is 1. The molecule has 1 N–H and O–H groups in total. The number of nitrogens with zero attached hydrogens (tertiary/aromatic N) is 3. The van der Waals surface area contributed by atoms with Crippen molar-refractivity contribution in [2.24, 2.45) is 0 Å². The zero-order valence-corrected chi connectivity index (χ0v) is 25.3. The summed E-state index contributed by atoms with van der Waals surface area (Å²) >= 11 is 3.61. The number of methoxy groups -OCH3 is 2. The third-order valence-corrected chi connectivity index (χ3v) is 12.4. The van der Waals surface area contributed by atoms with Gasteiger partial charge >= 0.3 is 0 Å². The molecule has 11 heteroatoms. The van der Waals surface area contributed by atoms with Crippen molar-refractivity contribution in [1.82, 2.24) is 14.5 Å². The average Bonchev–Trinajstić information content (AvgIpc) is 3.38. The summed E-state index contributed by atoms with van der Waals surface area (Å²) in [6.45, 7) is 10.9. The summed E-state index contributed by atoms with van der Waals surface area (Å²) in [6.07, 6.45) is 4.77. The number of hydrogen-bond donors (Lipinski definition) is 1. The summed E-state index contributed by atoms with van der Waals surface area (Å²) in [5, 5.41) is 3.94.